The van der Waals surface area contributed by atoms with E-state index in [1.165, 1.54) is 0 Å². The Hall–Kier alpha value is -4.21. The lowest BCUT2D eigenvalue weighted by atomic mass is 9.92. The molecule has 5 rings (SSSR count). The van der Waals surface area contributed by atoms with Crippen LogP contribution in [0.25, 0.3) is 22.8 Å². The number of fused-ring (bicyclic) bond motifs is 1. The van der Waals surface area contributed by atoms with E-state index in [0.29, 0.717) is 56.2 Å². The van der Waals surface area contributed by atoms with Gasteiger partial charge in [0, 0.05) is 55.4 Å². The molecule has 3 amide bonds. The van der Waals surface area contributed by atoms with Crippen molar-refractivity contribution >= 4 is 35.1 Å². The molecule has 2 aromatic carbocycles. The van der Waals surface area contributed by atoms with Crippen LogP contribution in [-0.4, -0.2) is 77.9 Å². The van der Waals surface area contributed by atoms with E-state index < -0.39 is 0 Å². The minimum Gasteiger partial charge on any atom is -0.378 e. The topological polar surface area (TPSA) is 121 Å². The first-order valence-electron chi connectivity index (χ1n) is 14.6. The number of rotatable bonds is 9. The number of hydrogen-bond donors (Lipinski definition) is 3. The number of aromatic amines is 1. The monoisotopic (exact) mass is 569 g/mol. The molecule has 1 atom stereocenters. The lowest BCUT2D eigenvalue weighted by Gasteiger charge is -2.26. The molecular formula is C33H39N5O4. The number of benzene rings is 2. The molecule has 2 aliphatic rings. The molecule has 0 aliphatic carbocycles. The van der Waals surface area contributed by atoms with Crippen molar-refractivity contribution in [2.45, 2.75) is 39.7 Å². The second-order valence-corrected chi connectivity index (χ2v) is 11.1. The number of carbonyl (C=O) groups excluding carboxylic acids is 3. The van der Waals surface area contributed by atoms with E-state index in [4.69, 9.17) is 10.5 Å². The number of ether oxygens (including phenoxy) is 1. The summed E-state index contributed by atoms with van der Waals surface area (Å²) in [5, 5.41) is 2.99. The molecule has 0 bridgehead atoms. The maximum absolute atomic E-state index is 13.2. The highest BCUT2D eigenvalue weighted by atomic mass is 16.5. The summed E-state index contributed by atoms with van der Waals surface area (Å²) in [7, 11) is 0. The highest BCUT2D eigenvalue weighted by Gasteiger charge is 2.29. The summed E-state index contributed by atoms with van der Waals surface area (Å²) < 4.78 is 5.38. The Bertz CT molecular complexity index is 1520. The van der Waals surface area contributed by atoms with E-state index in [-0.39, 0.29) is 30.2 Å². The fourth-order valence-electron chi connectivity index (χ4n) is 5.66. The van der Waals surface area contributed by atoms with Gasteiger partial charge in [-0.25, -0.2) is 0 Å². The molecule has 42 heavy (non-hydrogen) atoms. The maximum atomic E-state index is 13.2. The summed E-state index contributed by atoms with van der Waals surface area (Å²) >= 11 is 0. The van der Waals surface area contributed by atoms with Gasteiger partial charge in [-0.1, -0.05) is 43.3 Å². The van der Waals surface area contributed by atoms with Crippen molar-refractivity contribution in [1.29, 1.82) is 0 Å². The number of nitrogens with one attached hydrogen (secondary N) is 2. The Kier molecular flexibility index (Phi) is 8.89. The fourth-order valence-corrected chi connectivity index (χ4v) is 5.66. The second-order valence-electron chi connectivity index (χ2n) is 11.1. The molecule has 3 heterocycles. The summed E-state index contributed by atoms with van der Waals surface area (Å²) in [6.07, 6.45) is 4.68. The van der Waals surface area contributed by atoms with Crippen LogP contribution >= 0.6 is 0 Å². The van der Waals surface area contributed by atoms with E-state index in [0.717, 1.165) is 39.9 Å². The van der Waals surface area contributed by atoms with E-state index in [1.807, 2.05) is 67.3 Å². The van der Waals surface area contributed by atoms with Crippen molar-refractivity contribution < 1.29 is 19.1 Å². The van der Waals surface area contributed by atoms with E-state index in [9.17, 15) is 14.4 Å². The molecular weight excluding hydrogens is 530 g/mol. The van der Waals surface area contributed by atoms with Crippen LogP contribution in [0.1, 0.15) is 53.0 Å². The van der Waals surface area contributed by atoms with Crippen molar-refractivity contribution in [1.82, 2.24) is 14.8 Å². The van der Waals surface area contributed by atoms with Gasteiger partial charge in [-0.15, -0.1) is 0 Å². The Morgan fingerprint density at radius 1 is 1.17 bits per heavy atom. The maximum Gasteiger partial charge on any atom is 0.256 e. The van der Waals surface area contributed by atoms with Crippen molar-refractivity contribution in [3.8, 4) is 11.1 Å². The molecule has 4 N–H and O–H groups in total. The zero-order valence-electron chi connectivity index (χ0n) is 24.5. The number of aromatic nitrogens is 1. The Morgan fingerprint density at radius 2 is 1.93 bits per heavy atom. The van der Waals surface area contributed by atoms with Crippen molar-refractivity contribution in [2.24, 2.45) is 5.73 Å². The summed E-state index contributed by atoms with van der Waals surface area (Å²) in [5.74, 6) is -0.199. The van der Waals surface area contributed by atoms with Gasteiger partial charge in [0.15, 0.2) is 0 Å². The standard InChI is InChI=1S/C33H39N5O4/c1-4-11-38(20-21(2)34)30(39)17-23-7-5-8-24(16-23)25-9-6-10-28-31(25)26(32(40)36-28)18-29-22(3)27(19-35-29)33(41)37-12-14-42-15-13-37/h5-10,16,18-19,21,35H,4,11-15,17,20,34H2,1-3H3,(H,36,40)/t21-/m0/s1. The minimum atomic E-state index is -0.204. The predicted molar refractivity (Wildman–Crippen MR) is 165 cm³/mol. The van der Waals surface area contributed by atoms with Crippen molar-refractivity contribution in [2.75, 3.05) is 44.7 Å². The molecule has 0 saturated carbocycles. The molecule has 9 heteroatoms. The first kappa shape index (κ1) is 29.3. The summed E-state index contributed by atoms with van der Waals surface area (Å²) in [6, 6.07) is 13.6. The fraction of sp³-hybridized carbons (Fsp3) is 0.364. The molecule has 0 unspecified atom stereocenters. The number of nitrogens with two attached hydrogens (primary N) is 1. The second kappa shape index (κ2) is 12.8. The lowest BCUT2D eigenvalue weighted by Crippen LogP contribution is -2.41. The zero-order valence-corrected chi connectivity index (χ0v) is 24.5. The van der Waals surface area contributed by atoms with E-state index in [1.54, 1.807) is 11.1 Å². The number of H-pyrrole nitrogens is 1. The highest BCUT2D eigenvalue weighted by molar-refractivity contribution is 6.36. The first-order valence-corrected chi connectivity index (χ1v) is 14.6. The molecule has 0 spiro atoms. The van der Waals surface area contributed by atoms with Crippen LogP contribution < -0.4 is 11.1 Å². The van der Waals surface area contributed by atoms with Gasteiger partial charge < -0.3 is 30.6 Å². The number of hydrogen-bond acceptors (Lipinski definition) is 5. The zero-order chi connectivity index (χ0) is 29.8. The quantitative estimate of drug-likeness (QED) is 0.336. The molecule has 9 nitrogen and oxygen atoms in total. The number of nitrogens with zero attached hydrogens (tertiary/aromatic N) is 2. The minimum absolute atomic E-state index is 0.0431. The molecule has 0 radical (unpaired) electrons. The van der Waals surface area contributed by atoms with E-state index in [2.05, 4.69) is 17.2 Å². The number of amides is 3. The summed E-state index contributed by atoms with van der Waals surface area (Å²) in [4.78, 5) is 46.3. The molecule has 1 saturated heterocycles. The molecule has 1 fully saturated rings. The predicted octanol–water partition coefficient (Wildman–Crippen LogP) is 4.08. The van der Waals surface area contributed by atoms with Crippen molar-refractivity contribution in [3.63, 3.8) is 0 Å². The van der Waals surface area contributed by atoms with Crippen LogP contribution in [0.4, 0.5) is 5.69 Å². The van der Waals surface area contributed by atoms with Crippen LogP contribution in [-0.2, 0) is 20.7 Å². The van der Waals surface area contributed by atoms with Gasteiger partial charge in [0.1, 0.15) is 0 Å². The van der Waals surface area contributed by atoms with Crippen LogP contribution in [0.3, 0.4) is 0 Å². The number of morpholine rings is 1. The van der Waals surface area contributed by atoms with Gasteiger partial charge in [0.2, 0.25) is 5.91 Å². The van der Waals surface area contributed by atoms with Crippen LogP contribution in [0.2, 0.25) is 0 Å². The third-order valence-electron chi connectivity index (χ3n) is 7.77. The summed E-state index contributed by atoms with van der Waals surface area (Å²) in [6.45, 7) is 9.24. The Balaban J connectivity index is 1.45. The highest BCUT2D eigenvalue weighted by Crippen LogP contribution is 2.41. The molecule has 220 valence electrons. The van der Waals surface area contributed by atoms with Gasteiger partial charge >= 0.3 is 0 Å². The SMILES string of the molecule is CCCN(C[C@H](C)N)C(=O)Cc1cccc(-c2cccc3c2C(=Cc2[nH]cc(C(=O)N4CCOCC4)c2C)C(=O)N3)c1. The first-order chi connectivity index (χ1) is 20.3. The lowest BCUT2D eigenvalue weighted by molar-refractivity contribution is -0.130. The molecule has 2 aliphatic heterocycles. The van der Waals surface area contributed by atoms with Crippen molar-refractivity contribution in [3.05, 3.63) is 76.6 Å². The Morgan fingerprint density at radius 3 is 2.67 bits per heavy atom. The molecule has 3 aromatic rings. The normalized spacial score (nSPS) is 16.3. The van der Waals surface area contributed by atoms with Gasteiger partial charge in [-0.2, -0.15) is 0 Å². The molecule has 1 aromatic heterocycles. The average Bonchev–Trinajstić information content (AvgIpc) is 3.51. The van der Waals surface area contributed by atoms with Gasteiger partial charge in [0.05, 0.1) is 30.8 Å². The van der Waals surface area contributed by atoms with Crippen LogP contribution in [0.5, 0.6) is 0 Å². The smallest absolute Gasteiger partial charge is 0.256 e. The van der Waals surface area contributed by atoms with Gasteiger partial charge in [0.25, 0.3) is 11.8 Å². The third kappa shape index (κ3) is 6.17. The average molecular weight is 570 g/mol. The van der Waals surface area contributed by atoms with Crippen LogP contribution in [0, 0.1) is 6.92 Å². The van der Waals surface area contributed by atoms with E-state index >= 15 is 0 Å². The largest absolute Gasteiger partial charge is 0.378 e. The van der Waals surface area contributed by atoms with Gasteiger partial charge in [-0.3, -0.25) is 14.4 Å². The number of carbonyl (C=O) groups is 3. The Labute approximate surface area is 246 Å². The van der Waals surface area contributed by atoms with Crippen LogP contribution in [0.15, 0.2) is 48.7 Å². The third-order valence-corrected chi connectivity index (χ3v) is 7.77. The number of anilines is 1. The summed E-state index contributed by atoms with van der Waals surface area (Å²) in [5.41, 5.74) is 12.8. The van der Waals surface area contributed by atoms with Gasteiger partial charge in [-0.05, 0) is 54.7 Å².